The number of rotatable bonds is 2. The molecule has 240 valence electrons. The van der Waals surface area contributed by atoms with Crippen LogP contribution in [-0.2, 0) is 5.41 Å². The number of hydrogen-bond donors (Lipinski definition) is 0. The van der Waals surface area contributed by atoms with Gasteiger partial charge in [-0.3, -0.25) is 0 Å². The van der Waals surface area contributed by atoms with E-state index in [1.165, 1.54) is 91.8 Å². The SMILES string of the molecule is CC(C)(C)C1CCC2(C)C(C1)c1cc(-c3ccc4c(c3)C3(c5ccccc5-c5ccccc53)c3ccccc3-4)ccc1N2c1ccccc1. The molecule has 1 spiro atoms. The monoisotopic (exact) mass is 633 g/mol. The van der Waals surface area contributed by atoms with Crippen LogP contribution in [0, 0.1) is 11.3 Å². The number of hydrogen-bond acceptors (Lipinski definition) is 1. The van der Waals surface area contributed by atoms with E-state index in [0.717, 1.165) is 0 Å². The Balaban J connectivity index is 1.17. The van der Waals surface area contributed by atoms with Crippen molar-refractivity contribution in [1.29, 1.82) is 0 Å². The Hall–Kier alpha value is -4.88. The minimum absolute atomic E-state index is 0.0605. The van der Waals surface area contributed by atoms with Gasteiger partial charge in [0.15, 0.2) is 0 Å². The number of nitrogens with zero attached hydrogens (tertiary/aromatic N) is 1. The lowest BCUT2D eigenvalue weighted by Gasteiger charge is -2.49. The third kappa shape index (κ3) is 3.82. The van der Waals surface area contributed by atoms with Crippen molar-refractivity contribution in [1.82, 2.24) is 0 Å². The highest BCUT2D eigenvalue weighted by Gasteiger charge is 2.54. The van der Waals surface area contributed by atoms with Gasteiger partial charge in [0, 0.05) is 22.8 Å². The van der Waals surface area contributed by atoms with Gasteiger partial charge in [-0.2, -0.15) is 0 Å². The first kappa shape index (κ1) is 29.1. The van der Waals surface area contributed by atoms with Crippen molar-refractivity contribution >= 4 is 11.4 Å². The van der Waals surface area contributed by atoms with Crippen molar-refractivity contribution in [3.63, 3.8) is 0 Å². The summed E-state index contributed by atoms with van der Waals surface area (Å²) < 4.78 is 0. The molecule has 0 N–H and O–H groups in total. The molecule has 1 heteroatoms. The maximum Gasteiger partial charge on any atom is 0.0725 e. The molecule has 3 atom stereocenters. The lowest BCUT2D eigenvalue weighted by atomic mass is 9.62. The molecule has 0 aromatic heterocycles. The molecule has 1 aliphatic heterocycles. The van der Waals surface area contributed by atoms with Crippen molar-refractivity contribution in [3.8, 4) is 33.4 Å². The Labute approximate surface area is 291 Å². The molecule has 0 bridgehead atoms. The second-order valence-corrected chi connectivity index (χ2v) is 16.3. The number of anilines is 2. The summed E-state index contributed by atoms with van der Waals surface area (Å²) >= 11 is 0. The van der Waals surface area contributed by atoms with Crippen LogP contribution in [0.3, 0.4) is 0 Å². The largest absolute Gasteiger partial charge is 0.335 e. The number of fused-ring (bicyclic) bond motifs is 13. The van der Waals surface area contributed by atoms with E-state index in [2.05, 4.69) is 172 Å². The van der Waals surface area contributed by atoms with Crippen molar-refractivity contribution in [3.05, 3.63) is 167 Å². The van der Waals surface area contributed by atoms with Gasteiger partial charge in [0.1, 0.15) is 0 Å². The van der Waals surface area contributed by atoms with E-state index >= 15 is 0 Å². The minimum Gasteiger partial charge on any atom is -0.335 e. The first-order valence-corrected chi connectivity index (χ1v) is 18.2. The molecule has 49 heavy (non-hydrogen) atoms. The Kier molecular flexibility index (Phi) is 5.98. The quantitative estimate of drug-likeness (QED) is 0.183. The lowest BCUT2D eigenvalue weighted by molar-refractivity contribution is 0.127. The van der Waals surface area contributed by atoms with Crippen molar-refractivity contribution in [2.75, 3.05) is 4.90 Å². The summed E-state index contributed by atoms with van der Waals surface area (Å²) in [5.74, 6) is 1.19. The first-order chi connectivity index (χ1) is 23.8. The highest BCUT2D eigenvalue weighted by atomic mass is 15.2. The fourth-order valence-corrected chi connectivity index (χ4v) is 10.6. The van der Waals surface area contributed by atoms with Crippen LogP contribution < -0.4 is 4.90 Å². The molecule has 1 heterocycles. The molecule has 1 saturated carbocycles. The van der Waals surface area contributed by atoms with Crippen LogP contribution in [0.4, 0.5) is 11.4 Å². The van der Waals surface area contributed by atoms with Crippen LogP contribution >= 0.6 is 0 Å². The zero-order valence-corrected chi connectivity index (χ0v) is 29.0. The summed E-state index contributed by atoms with van der Waals surface area (Å²) in [6.07, 6.45) is 3.71. The van der Waals surface area contributed by atoms with E-state index in [1.807, 2.05) is 0 Å². The van der Waals surface area contributed by atoms with E-state index in [0.29, 0.717) is 17.3 Å². The molecule has 0 radical (unpaired) electrons. The zero-order valence-electron chi connectivity index (χ0n) is 29.0. The summed E-state index contributed by atoms with van der Waals surface area (Å²) in [7, 11) is 0. The predicted octanol–water partition coefficient (Wildman–Crippen LogP) is 12.5. The molecular formula is C48H43N. The maximum atomic E-state index is 2.69. The van der Waals surface area contributed by atoms with Gasteiger partial charge in [0.05, 0.1) is 5.41 Å². The molecule has 6 aromatic rings. The van der Waals surface area contributed by atoms with Crippen LogP contribution in [0.15, 0.2) is 140 Å². The standard InChI is InChI=1S/C48H43N/c1-46(2,3)33-26-27-47(4)43(30-33)39-28-31(23-25-45(39)49(47)34-14-6-5-7-15-34)32-22-24-38-37-18-10-13-21-42(37)48(44(38)29-32)40-19-11-8-16-35(40)36-17-9-12-20-41(36)48/h5-25,28-29,33,43H,26-27,30H2,1-4H3. The Morgan fingerprint density at radius 3 is 1.71 bits per heavy atom. The summed E-state index contributed by atoms with van der Waals surface area (Å²) in [5.41, 5.74) is 17.9. The molecule has 6 aromatic carbocycles. The molecule has 4 aliphatic rings. The average Bonchev–Trinajstić information content (AvgIpc) is 3.69. The predicted molar refractivity (Wildman–Crippen MR) is 205 cm³/mol. The first-order valence-electron chi connectivity index (χ1n) is 18.2. The Morgan fingerprint density at radius 1 is 0.571 bits per heavy atom. The third-order valence-electron chi connectivity index (χ3n) is 13.0. The number of para-hydroxylation sites is 1. The van der Waals surface area contributed by atoms with Gasteiger partial charge in [-0.15, -0.1) is 0 Å². The second kappa shape index (κ2) is 10.1. The summed E-state index contributed by atoms with van der Waals surface area (Å²) in [5, 5.41) is 0. The van der Waals surface area contributed by atoms with Crippen LogP contribution in [0.2, 0.25) is 0 Å². The van der Waals surface area contributed by atoms with Crippen molar-refractivity contribution < 1.29 is 0 Å². The smallest absolute Gasteiger partial charge is 0.0725 e. The molecule has 10 rings (SSSR count). The van der Waals surface area contributed by atoms with E-state index < -0.39 is 0 Å². The molecule has 0 amide bonds. The molecule has 3 unspecified atom stereocenters. The minimum atomic E-state index is -0.322. The molecule has 1 nitrogen and oxygen atoms in total. The fourth-order valence-electron chi connectivity index (χ4n) is 10.6. The normalized spacial score (nSPS) is 22.2. The van der Waals surface area contributed by atoms with Gasteiger partial charge in [-0.1, -0.05) is 130 Å². The topological polar surface area (TPSA) is 3.24 Å². The highest BCUT2D eigenvalue weighted by molar-refractivity contribution is 5.96. The maximum absolute atomic E-state index is 2.69. The van der Waals surface area contributed by atoms with E-state index in [9.17, 15) is 0 Å². The van der Waals surface area contributed by atoms with Gasteiger partial charge in [-0.05, 0) is 129 Å². The third-order valence-corrected chi connectivity index (χ3v) is 13.0. The Morgan fingerprint density at radius 2 is 1.10 bits per heavy atom. The van der Waals surface area contributed by atoms with Crippen LogP contribution in [0.5, 0.6) is 0 Å². The second-order valence-electron chi connectivity index (χ2n) is 16.3. The van der Waals surface area contributed by atoms with Gasteiger partial charge in [0.2, 0.25) is 0 Å². The molecular weight excluding hydrogens is 591 g/mol. The Bertz CT molecular complexity index is 2220. The van der Waals surface area contributed by atoms with Crippen LogP contribution in [0.25, 0.3) is 33.4 Å². The van der Waals surface area contributed by atoms with Gasteiger partial charge >= 0.3 is 0 Å². The summed E-state index contributed by atoms with van der Waals surface area (Å²) in [6, 6.07) is 53.2. The molecule has 1 fully saturated rings. The van der Waals surface area contributed by atoms with E-state index in [-0.39, 0.29) is 11.0 Å². The summed E-state index contributed by atoms with van der Waals surface area (Å²) in [6.45, 7) is 9.87. The van der Waals surface area contributed by atoms with Gasteiger partial charge in [0.25, 0.3) is 0 Å². The summed E-state index contributed by atoms with van der Waals surface area (Å²) in [4.78, 5) is 2.69. The lowest BCUT2D eigenvalue weighted by Crippen LogP contribution is -2.48. The highest BCUT2D eigenvalue weighted by Crippen LogP contribution is 2.64. The fraction of sp³-hybridized carbons (Fsp3) is 0.250. The van der Waals surface area contributed by atoms with Crippen LogP contribution in [0.1, 0.15) is 80.7 Å². The van der Waals surface area contributed by atoms with Crippen LogP contribution in [-0.4, -0.2) is 5.54 Å². The van der Waals surface area contributed by atoms with E-state index in [1.54, 1.807) is 0 Å². The number of benzene rings is 6. The van der Waals surface area contributed by atoms with Crippen molar-refractivity contribution in [2.24, 2.45) is 11.3 Å². The van der Waals surface area contributed by atoms with Crippen molar-refractivity contribution in [2.45, 2.75) is 63.8 Å². The molecule has 3 aliphatic carbocycles. The van der Waals surface area contributed by atoms with Gasteiger partial charge in [-0.25, -0.2) is 0 Å². The van der Waals surface area contributed by atoms with E-state index in [4.69, 9.17) is 0 Å². The molecule has 0 saturated heterocycles. The van der Waals surface area contributed by atoms with Gasteiger partial charge < -0.3 is 4.90 Å². The average molecular weight is 634 g/mol. The zero-order chi connectivity index (χ0) is 33.1.